The molecule has 0 spiro atoms. The van der Waals surface area contributed by atoms with Gasteiger partial charge in [0.15, 0.2) is 12.1 Å². The number of carbonyl (C=O) groups excluding carboxylic acids is 1. The van der Waals surface area contributed by atoms with Crippen LogP contribution in [0.5, 0.6) is 0 Å². The maximum Gasteiger partial charge on any atom is 0.190 e. The van der Waals surface area contributed by atoms with Crippen molar-refractivity contribution in [3.05, 3.63) is 35.9 Å². The van der Waals surface area contributed by atoms with Gasteiger partial charge in [-0.1, -0.05) is 30.3 Å². The van der Waals surface area contributed by atoms with Crippen molar-refractivity contribution >= 4 is 6.29 Å². The maximum atomic E-state index is 11.0. The molecule has 3 fully saturated rings. The van der Waals surface area contributed by atoms with E-state index in [2.05, 4.69) is 0 Å². The summed E-state index contributed by atoms with van der Waals surface area (Å²) in [6, 6.07) is 9.98. The number of rotatable bonds is 5. The highest BCUT2D eigenvalue weighted by Crippen LogP contribution is 2.42. The van der Waals surface area contributed by atoms with E-state index in [-0.39, 0.29) is 30.5 Å². The van der Waals surface area contributed by atoms with E-state index in [9.17, 15) is 4.79 Å². The molecule has 0 saturated carbocycles. The maximum absolute atomic E-state index is 11.0. The fraction of sp³-hybridized carbons (Fsp3) is 0.632. The zero-order valence-electron chi connectivity index (χ0n) is 14.5. The number of fused-ring (bicyclic) bond motifs is 1. The van der Waals surface area contributed by atoms with Crippen molar-refractivity contribution in [1.29, 1.82) is 0 Å². The Hall–Kier alpha value is -1.31. The van der Waals surface area contributed by atoms with Crippen molar-refractivity contribution < 1.29 is 28.5 Å². The Bertz CT molecular complexity index is 603. The summed E-state index contributed by atoms with van der Waals surface area (Å²) in [6.07, 6.45) is 0.402. The van der Waals surface area contributed by atoms with Gasteiger partial charge in [0.25, 0.3) is 0 Å². The van der Waals surface area contributed by atoms with E-state index in [4.69, 9.17) is 23.7 Å². The molecule has 3 aliphatic heterocycles. The van der Waals surface area contributed by atoms with E-state index in [1.54, 1.807) is 0 Å². The lowest BCUT2D eigenvalue weighted by atomic mass is 10.0. The molecule has 25 heavy (non-hydrogen) atoms. The van der Waals surface area contributed by atoms with E-state index in [1.807, 2.05) is 44.2 Å². The standard InChI is InChI=1S/C19H24O6/c1-19(2)24-17-16(21-11-12-6-4-3-5-7-12)15(23-18(17)25-19)14-9-8-13(10-20)22-14/h3-7,10,13-18H,8-9,11H2,1-2H3/t13-,14+,15+,16+,17-,18+/m1/s1. The molecule has 0 N–H and O–H groups in total. The van der Waals surface area contributed by atoms with Crippen LogP contribution in [0.3, 0.4) is 0 Å². The van der Waals surface area contributed by atoms with Crippen LogP contribution >= 0.6 is 0 Å². The Labute approximate surface area is 147 Å². The molecule has 3 saturated heterocycles. The number of aldehydes is 1. The SMILES string of the molecule is CC1(C)O[C@@H]2O[C@@H]([C@@H]3CC[C@H](C=O)O3)[C@H](OCc3ccccc3)[C@H]2O1. The van der Waals surface area contributed by atoms with E-state index in [0.717, 1.165) is 18.3 Å². The number of ether oxygens (including phenoxy) is 5. The first-order chi connectivity index (χ1) is 12.1. The van der Waals surface area contributed by atoms with Crippen molar-refractivity contribution in [1.82, 2.24) is 0 Å². The predicted molar refractivity (Wildman–Crippen MR) is 87.7 cm³/mol. The van der Waals surface area contributed by atoms with Gasteiger partial charge in [-0.15, -0.1) is 0 Å². The van der Waals surface area contributed by atoms with Crippen molar-refractivity contribution in [2.24, 2.45) is 0 Å². The van der Waals surface area contributed by atoms with E-state index >= 15 is 0 Å². The minimum absolute atomic E-state index is 0.183. The molecular formula is C19H24O6. The monoisotopic (exact) mass is 348 g/mol. The van der Waals surface area contributed by atoms with Gasteiger partial charge >= 0.3 is 0 Å². The number of hydrogen-bond acceptors (Lipinski definition) is 6. The number of hydrogen-bond donors (Lipinski definition) is 0. The molecule has 0 bridgehead atoms. The summed E-state index contributed by atoms with van der Waals surface area (Å²) in [4.78, 5) is 11.0. The first-order valence-electron chi connectivity index (χ1n) is 8.83. The Morgan fingerprint density at radius 2 is 1.92 bits per heavy atom. The minimum atomic E-state index is -0.698. The quantitative estimate of drug-likeness (QED) is 0.760. The molecule has 6 nitrogen and oxygen atoms in total. The highest BCUT2D eigenvalue weighted by molar-refractivity contribution is 5.56. The van der Waals surface area contributed by atoms with Crippen molar-refractivity contribution in [3.63, 3.8) is 0 Å². The second kappa shape index (κ2) is 6.78. The van der Waals surface area contributed by atoms with Gasteiger partial charge < -0.3 is 28.5 Å². The zero-order valence-corrected chi connectivity index (χ0v) is 14.5. The second-order valence-electron chi connectivity index (χ2n) is 7.26. The van der Waals surface area contributed by atoms with Gasteiger partial charge in [0.2, 0.25) is 0 Å². The van der Waals surface area contributed by atoms with Crippen LogP contribution in [-0.2, 0) is 35.1 Å². The molecule has 3 aliphatic rings. The van der Waals surface area contributed by atoms with Crippen LogP contribution in [0.15, 0.2) is 30.3 Å². The van der Waals surface area contributed by atoms with Crippen LogP contribution in [-0.4, -0.2) is 48.9 Å². The van der Waals surface area contributed by atoms with E-state index in [1.165, 1.54) is 0 Å². The summed E-state index contributed by atoms with van der Waals surface area (Å²) < 4.78 is 30.0. The third-order valence-corrected chi connectivity index (χ3v) is 4.92. The Kier molecular flexibility index (Phi) is 4.64. The number of carbonyl (C=O) groups is 1. The van der Waals surface area contributed by atoms with Gasteiger partial charge in [-0.05, 0) is 32.3 Å². The summed E-state index contributed by atoms with van der Waals surface area (Å²) in [6.45, 7) is 4.20. The highest BCUT2D eigenvalue weighted by Gasteiger charge is 2.58. The van der Waals surface area contributed by atoms with Crippen molar-refractivity contribution in [2.45, 2.75) is 75.9 Å². The second-order valence-corrected chi connectivity index (χ2v) is 7.26. The van der Waals surface area contributed by atoms with Gasteiger partial charge in [-0.2, -0.15) is 0 Å². The first-order valence-corrected chi connectivity index (χ1v) is 8.83. The van der Waals surface area contributed by atoms with Crippen LogP contribution in [0.4, 0.5) is 0 Å². The largest absolute Gasteiger partial charge is 0.368 e. The van der Waals surface area contributed by atoms with Gasteiger partial charge in [-0.3, -0.25) is 0 Å². The van der Waals surface area contributed by atoms with E-state index < -0.39 is 12.1 Å². The summed E-state index contributed by atoms with van der Waals surface area (Å²) in [7, 11) is 0. The molecule has 0 unspecified atom stereocenters. The summed E-state index contributed by atoms with van der Waals surface area (Å²) in [5, 5.41) is 0. The molecule has 4 rings (SSSR count). The van der Waals surface area contributed by atoms with Crippen molar-refractivity contribution in [3.8, 4) is 0 Å². The molecule has 0 radical (unpaired) electrons. The average molecular weight is 348 g/mol. The van der Waals surface area contributed by atoms with Crippen LogP contribution in [0.2, 0.25) is 0 Å². The molecular weight excluding hydrogens is 324 g/mol. The molecule has 0 amide bonds. The minimum Gasteiger partial charge on any atom is -0.368 e. The third-order valence-electron chi connectivity index (χ3n) is 4.92. The van der Waals surface area contributed by atoms with Crippen molar-refractivity contribution in [2.75, 3.05) is 0 Å². The predicted octanol–water partition coefficient (Wildman–Crippen LogP) is 2.19. The molecule has 136 valence electrons. The summed E-state index contributed by atoms with van der Waals surface area (Å²) >= 11 is 0. The number of benzene rings is 1. The Morgan fingerprint density at radius 1 is 1.12 bits per heavy atom. The topological polar surface area (TPSA) is 63.2 Å². The van der Waals surface area contributed by atoms with Gasteiger partial charge in [0, 0.05) is 0 Å². The molecule has 6 atom stereocenters. The molecule has 0 aromatic heterocycles. The normalized spacial score (nSPS) is 39.4. The lowest BCUT2D eigenvalue weighted by Gasteiger charge is -2.29. The lowest BCUT2D eigenvalue weighted by Crippen LogP contribution is -2.42. The molecule has 1 aromatic rings. The summed E-state index contributed by atoms with van der Waals surface area (Å²) in [5.41, 5.74) is 1.08. The fourth-order valence-corrected chi connectivity index (χ4v) is 3.79. The van der Waals surface area contributed by atoms with Crippen LogP contribution < -0.4 is 0 Å². The zero-order chi connectivity index (χ0) is 17.4. The fourth-order valence-electron chi connectivity index (χ4n) is 3.79. The smallest absolute Gasteiger partial charge is 0.190 e. The van der Waals surface area contributed by atoms with E-state index in [0.29, 0.717) is 13.0 Å². The third kappa shape index (κ3) is 3.50. The molecule has 0 aliphatic carbocycles. The Morgan fingerprint density at radius 3 is 2.64 bits per heavy atom. The van der Waals surface area contributed by atoms with Crippen LogP contribution in [0.25, 0.3) is 0 Å². The lowest BCUT2D eigenvalue weighted by molar-refractivity contribution is -0.232. The highest BCUT2D eigenvalue weighted by atomic mass is 16.8. The van der Waals surface area contributed by atoms with Crippen LogP contribution in [0, 0.1) is 0 Å². The van der Waals surface area contributed by atoms with Crippen LogP contribution in [0.1, 0.15) is 32.3 Å². The van der Waals surface area contributed by atoms with Gasteiger partial charge in [-0.25, -0.2) is 0 Å². The van der Waals surface area contributed by atoms with Gasteiger partial charge in [0.05, 0.1) is 12.7 Å². The molecule has 1 aromatic carbocycles. The molecule has 3 heterocycles. The Balaban J connectivity index is 1.49. The summed E-state index contributed by atoms with van der Waals surface area (Å²) in [5.74, 6) is -0.698. The van der Waals surface area contributed by atoms with Gasteiger partial charge in [0.1, 0.15) is 30.7 Å². The first kappa shape index (κ1) is 17.1. The molecule has 6 heteroatoms. The average Bonchev–Trinajstić information content (AvgIpc) is 3.26.